The van der Waals surface area contributed by atoms with Crippen molar-refractivity contribution in [2.45, 2.75) is 20.3 Å². The molecule has 13 heavy (non-hydrogen) atoms. The lowest BCUT2D eigenvalue weighted by atomic mass is 10.2. The van der Waals surface area contributed by atoms with Crippen LogP contribution in [-0.2, 0) is 4.79 Å². The maximum Gasteiger partial charge on any atom is 0.331 e. The number of aryl methyl sites for hydroxylation is 1. The molecule has 0 saturated heterocycles. The lowest BCUT2D eigenvalue weighted by Gasteiger charge is -1.94. The van der Waals surface area contributed by atoms with E-state index in [2.05, 4.69) is 4.37 Å². The molecule has 0 spiro atoms. The third kappa shape index (κ3) is 2.66. The summed E-state index contributed by atoms with van der Waals surface area (Å²) in [6, 6.07) is 1.88. The molecular formula is C9H11NO2S. The van der Waals surface area contributed by atoms with E-state index in [-0.39, 0.29) is 0 Å². The van der Waals surface area contributed by atoms with Crippen LogP contribution in [0, 0.1) is 6.92 Å². The first-order chi connectivity index (χ1) is 6.13. The predicted octanol–water partition coefficient (Wildman–Crippen LogP) is 2.33. The normalized spacial score (nSPS) is 11.7. The lowest BCUT2D eigenvalue weighted by Crippen LogP contribution is -1.98. The molecule has 0 amide bonds. The van der Waals surface area contributed by atoms with Gasteiger partial charge in [-0.05, 0) is 37.0 Å². The van der Waals surface area contributed by atoms with E-state index < -0.39 is 5.97 Å². The van der Waals surface area contributed by atoms with E-state index in [9.17, 15) is 4.79 Å². The number of carbonyl (C=O) groups is 1. The fraction of sp³-hybridized carbons (Fsp3) is 0.333. The smallest absolute Gasteiger partial charge is 0.331 e. The van der Waals surface area contributed by atoms with E-state index in [4.69, 9.17) is 5.11 Å². The van der Waals surface area contributed by atoms with Crippen LogP contribution in [0.3, 0.4) is 0 Å². The molecule has 0 unspecified atom stereocenters. The Morgan fingerprint density at radius 3 is 2.85 bits per heavy atom. The summed E-state index contributed by atoms with van der Waals surface area (Å²) in [7, 11) is 0. The molecule has 0 atom stereocenters. The van der Waals surface area contributed by atoms with Crippen molar-refractivity contribution in [3.8, 4) is 0 Å². The molecule has 4 heteroatoms. The van der Waals surface area contributed by atoms with Gasteiger partial charge in [0.05, 0.1) is 5.69 Å². The molecule has 1 heterocycles. The van der Waals surface area contributed by atoms with Gasteiger partial charge in [0.2, 0.25) is 0 Å². The molecule has 1 aromatic rings. The molecule has 0 fully saturated rings. The van der Waals surface area contributed by atoms with Crippen LogP contribution in [0.2, 0.25) is 0 Å². The molecule has 3 nitrogen and oxygen atoms in total. The molecule has 0 aliphatic rings. The van der Waals surface area contributed by atoms with Gasteiger partial charge >= 0.3 is 5.97 Å². The number of hydrogen-bond acceptors (Lipinski definition) is 3. The summed E-state index contributed by atoms with van der Waals surface area (Å²) in [5.74, 6) is -0.853. The van der Waals surface area contributed by atoms with Gasteiger partial charge in [-0.1, -0.05) is 6.92 Å². The van der Waals surface area contributed by atoms with Crippen molar-refractivity contribution < 1.29 is 9.90 Å². The summed E-state index contributed by atoms with van der Waals surface area (Å²) in [6.45, 7) is 3.72. The zero-order valence-electron chi connectivity index (χ0n) is 7.57. The third-order valence-electron chi connectivity index (χ3n) is 1.62. The van der Waals surface area contributed by atoms with Crippen molar-refractivity contribution in [3.63, 3.8) is 0 Å². The van der Waals surface area contributed by atoms with E-state index in [1.807, 2.05) is 19.9 Å². The summed E-state index contributed by atoms with van der Waals surface area (Å²) >= 11 is 1.32. The van der Waals surface area contributed by atoms with E-state index in [0.717, 1.165) is 10.6 Å². The highest BCUT2D eigenvalue weighted by Gasteiger charge is 2.05. The zero-order valence-corrected chi connectivity index (χ0v) is 8.39. The molecule has 0 saturated carbocycles. The first kappa shape index (κ1) is 9.92. The van der Waals surface area contributed by atoms with Crippen molar-refractivity contribution in [1.82, 2.24) is 4.37 Å². The number of nitrogens with zero attached hydrogens (tertiary/aromatic N) is 1. The van der Waals surface area contributed by atoms with Crippen LogP contribution < -0.4 is 0 Å². The molecular weight excluding hydrogens is 186 g/mol. The fourth-order valence-corrected chi connectivity index (χ4v) is 1.66. The first-order valence-corrected chi connectivity index (χ1v) is 4.78. The second-order valence-corrected chi connectivity index (χ2v) is 3.54. The molecule has 0 radical (unpaired) electrons. The van der Waals surface area contributed by atoms with Gasteiger partial charge in [-0.2, -0.15) is 4.37 Å². The summed E-state index contributed by atoms with van der Waals surface area (Å²) in [6.07, 6.45) is 2.21. The highest BCUT2D eigenvalue weighted by atomic mass is 32.1. The lowest BCUT2D eigenvalue weighted by molar-refractivity contribution is -0.132. The standard InChI is InChI=1S/C9H11NO2S/c1-3-7(9(11)12)5-8-4-6(2)10-13-8/h4-5H,3H2,1-2H3,(H,11,12)/b7-5+. The Kier molecular flexibility index (Phi) is 3.19. The second kappa shape index (κ2) is 4.18. The van der Waals surface area contributed by atoms with Crippen molar-refractivity contribution in [2.24, 2.45) is 0 Å². The van der Waals surface area contributed by atoms with Gasteiger partial charge < -0.3 is 5.11 Å². The highest BCUT2D eigenvalue weighted by Crippen LogP contribution is 2.15. The quantitative estimate of drug-likeness (QED) is 0.756. The van der Waals surface area contributed by atoms with Crippen LogP contribution in [0.15, 0.2) is 11.6 Å². The number of carboxylic acids is 1. The predicted molar refractivity (Wildman–Crippen MR) is 52.8 cm³/mol. The Morgan fingerprint density at radius 1 is 1.77 bits per heavy atom. The van der Waals surface area contributed by atoms with Crippen molar-refractivity contribution >= 4 is 23.6 Å². The monoisotopic (exact) mass is 197 g/mol. The van der Waals surface area contributed by atoms with Crippen molar-refractivity contribution in [1.29, 1.82) is 0 Å². The minimum absolute atomic E-state index is 0.420. The first-order valence-electron chi connectivity index (χ1n) is 4.00. The van der Waals surface area contributed by atoms with Gasteiger partial charge in [0.1, 0.15) is 0 Å². The maximum absolute atomic E-state index is 10.7. The third-order valence-corrected chi connectivity index (χ3v) is 2.44. The van der Waals surface area contributed by atoms with Gasteiger partial charge in [-0.15, -0.1) is 0 Å². The largest absolute Gasteiger partial charge is 0.478 e. The highest BCUT2D eigenvalue weighted by molar-refractivity contribution is 7.06. The molecule has 0 aromatic carbocycles. The van der Waals surface area contributed by atoms with E-state index in [1.165, 1.54) is 11.5 Å². The van der Waals surface area contributed by atoms with Gasteiger partial charge in [0, 0.05) is 10.5 Å². The van der Waals surface area contributed by atoms with Crippen LogP contribution in [0.25, 0.3) is 6.08 Å². The fourth-order valence-electron chi connectivity index (χ4n) is 0.938. The minimum Gasteiger partial charge on any atom is -0.478 e. The molecule has 70 valence electrons. The van der Waals surface area contributed by atoms with E-state index in [1.54, 1.807) is 6.08 Å². The topological polar surface area (TPSA) is 50.2 Å². The number of hydrogen-bond donors (Lipinski definition) is 1. The number of aliphatic carboxylic acids is 1. The number of carboxylic acid groups (broad SMARTS) is 1. The van der Waals surface area contributed by atoms with Gasteiger partial charge in [0.25, 0.3) is 0 Å². The molecule has 1 aromatic heterocycles. The Morgan fingerprint density at radius 2 is 2.46 bits per heavy atom. The Bertz CT molecular complexity index is 341. The van der Waals surface area contributed by atoms with Crippen molar-refractivity contribution in [3.05, 3.63) is 22.2 Å². The van der Waals surface area contributed by atoms with Gasteiger partial charge in [-0.25, -0.2) is 4.79 Å². The second-order valence-electron chi connectivity index (χ2n) is 2.70. The van der Waals surface area contributed by atoms with Crippen LogP contribution in [-0.4, -0.2) is 15.4 Å². The van der Waals surface area contributed by atoms with Crippen molar-refractivity contribution in [2.75, 3.05) is 0 Å². The average Bonchev–Trinajstić information content (AvgIpc) is 2.46. The summed E-state index contributed by atoms with van der Waals surface area (Å²) < 4.78 is 4.07. The molecule has 0 bridgehead atoms. The molecule has 1 N–H and O–H groups in total. The van der Waals surface area contributed by atoms with Gasteiger partial charge in [0.15, 0.2) is 0 Å². The Hall–Kier alpha value is -1.16. The average molecular weight is 197 g/mol. The van der Waals surface area contributed by atoms with E-state index >= 15 is 0 Å². The number of aromatic nitrogens is 1. The number of rotatable bonds is 3. The minimum atomic E-state index is -0.853. The summed E-state index contributed by atoms with van der Waals surface area (Å²) in [5.41, 5.74) is 1.35. The Labute approximate surface area is 80.9 Å². The summed E-state index contributed by atoms with van der Waals surface area (Å²) in [4.78, 5) is 11.6. The van der Waals surface area contributed by atoms with Crippen LogP contribution >= 0.6 is 11.5 Å². The molecule has 0 aliphatic heterocycles. The molecule has 1 rings (SSSR count). The van der Waals surface area contributed by atoms with E-state index in [0.29, 0.717) is 12.0 Å². The maximum atomic E-state index is 10.7. The summed E-state index contributed by atoms with van der Waals surface area (Å²) in [5, 5.41) is 8.76. The SMILES string of the molecule is CC/C(=C\c1cc(C)ns1)C(=O)O. The van der Waals surface area contributed by atoms with Crippen LogP contribution in [0.5, 0.6) is 0 Å². The molecule has 0 aliphatic carbocycles. The zero-order chi connectivity index (χ0) is 9.84. The van der Waals surface area contributed by atoms with Crippen LogP contribution in [0.4, 0.5) is 0 Å². The Balaban J connectivity index is 2.91. The van der Waals surface area contributed by atoms with Crippen LogP contribution in [0.1, 0.15) is 23.9 Å². The van der Waals surface area contributed by atoms with Gasteiger partial charge in [-0.3, -0.25) is 0 Å².